The summed E-state index contributed by atoms with van der Waals surface area (Å²) in [5.41, 5.74) is 5.23. The van der Waals surface area contributed by atoms with Gasteiger partial charge in [0.05, 0.1) is 41.2 Å². The molecule has 0 bridgehead atoms. The fraction of sp³-hybridized carbons (Fsp3) is 0.0857. The fourth-order valence-electron chi connectivity index (χ4n) is 5.59. The van der Waals surface area contributed by atoms with Gasteiger partial charge in [0.15, 0.2) is 5.76 Å². The summed E-state index contributed by atoms with van der Waals surface area (Å²) in [5, 5.41) is 16.6. The number of nitrogens with zero attached hydrogens (tertiary/aromatic N) is 5. The number of hydrogen-bond acceptors (Lipinski definition) is 6. The van der Waals surface area contributed by atoms with Gasteiger partial charge in [-0.25, -0.2) is 4.98 Å². The molecule has 43 heavy (non-hydrogen) atoms. The zero-order valence-corrected chi connectivity index (χ0v) is 23.5. The van der Waals surface area contributed by atoms with Gasteiger partial charge < -0.3 is 13.7 Å². The average molecular weight is 564 g/mol. The predicted octanol–water partition coefficient (Wildman–Crippen LogP) is 6.88. The van der Waals surface area contributed by atoms with Crippen molar-refractivity contribution in [3.8, 4) is 23.4 Å². The number of nitriles is 1. The van der Waals surface area contributed by atoms with E-state index < -0.39 is 0 Å². The second kappa shape index (κ2) is 10.5. The van der Waals surface area contributed by atoms with Gasteiger partial charge in [0, 0.05) is 28.7 Å². The Labute approximate surface area is 246 Å². The molecule has 3 heterocycles. The molecule has 4 aromatic carbocycles. The molecule has 0 aliphatic rings. The van der Waals surface area contributed by atoms with Crippen molar-refractivity contribution >= 4 is 39.0 Å². The third-order valence-electron chi connectivity index (χ3n) is 7.76. The largest absolute Gasteiger partial charge is 0.496 e. The van der Waals surface area contributed by atoms with Crippen LogP contribution in [0.5, 0.6) is 5.75 Å². The summed E-state index contributed by atoms with van der Waals surface area (Å²) in [6.45, 7) is 2.54. The molecule has 0 spiro atoms. The first-order valence-corrected chi connectivity index (χ1v) is 13.8. The minimum atomic E-state index is -0.311. The molecule has 7 aromatic rings. The highest BCUT2D eigenvalue weighted by Gasteiger charge is 2.19. The van der Waals surface area contributed by atoms with E-state index in [-0.39, 0.29) is 11.4 Å². The number of para-hydroxylation sites is 2. The van der Waals surface area contributed by atoms with E-state index in [9.17, 15) is 10.1 Å². The molecule has 0 aliphatic carbocycles. The lowest BCUT2D eigenvalue weighted by Crippen LogP contribution is -2.20. The molecule has 0 saturated heterocycles. The lowest BCUT2D eigenvalue weighted by Gasteiger charge is -2.10. The molecule has 0 N–H and O–H groups in total. The third-order valence-corrected chi connectivity index (χ3v) is 7.76. The molecule has 0 saturated carbocycles. The second-order valence-corrected chi connectivity index (χ2v) is 10.2. The Morgan fingerprint density at radius 1 is 0.953 bits per heavy atom. The van der Waals surface area contributed by atoms with Gasteiger partial charge in [0.2, 0.25) is 5.82 Å². The molecule has 208 valence electrons. The van der Waals surface area contributed by atoms with Crippen LogP contribution in [0.15, 0.2) is 111 Å². The number of ether oxygens (including phenoxy) is 1. The van der Waals surface area contributed by atoms with Crippen LogP contribution in [0.25, 0.3) is 44.4 Å². The lowest BCUT2D eigenvalue weighted by molar-refractivity contribution is 0.419. The van der Waals surface area contributed by atoms with E-state index in [0.717, 1.165) is 33.1 Å². The molecular weight excluding hydrogens is 538 g/mol. The summed E-state index contributed by atoms with van der Waals surface area (Å²) in [5.74, 6) is 1.33. The van der Waals surface area contributed by atoms with E-state index in [2.05, 4.69) is 10.6 Å². The van der Waals surface area contributed by atoms with Crippen LogP contribution in [0.3, 0.4) is 0 Å². The summed E-state index contributed by atoms with van der Waals surface area (Å²) >= 11 is 0. The van der Waals surface area contributed by atoms with Gasteiger partial charge in [-0.15, -0.1) is 0 Å². The summed E-state index contributed by atoms with van der Waals surface area (Å²) in [6.07, 6.45) is 1.70. The van der Waals surface area contributed by atoms with Crippen LogP contribution < -0.4 is 10.3 Å². The van der Waals surface area contributed by atoms with Gasteiger partial charge in [-0.2, -0.15) is 15.0 Å². The Kier molecular flexibility index (Phi) is 6.33. The Bertz CT molecular complexity index is 2320. The Balaban J connectivity index is 1.41. The minimum absolute atomic E-state index is 0.280. The van der Waals surface area contributed by atoms with Crippen LogP contribution in [0.1, 0.15) is 22.4 Å². The quantitative estimate of drug-likeness (QED) is 0.205. The number of aromatic nitrogens is 3. The smallest absolute Gasteiger partial charge is 0.282 e. The van der Waals surface area contributed by atoms with Crippen LogP contribution >= 0.6 is 0 Å². The number of rotatable bonds is 6. The van der Waals surface area contributed by atoms with E-state index in [1.807, 2.05) is 91.9 Å². The van der Waals surface area contributed by atoms with Gasteiger partial charge in [-0.1, -0.05) is 54.6 Å². The zero-order valence-electron chi connectivity index (χ0n) is 23.5. The average Bonchev–Trinajstić information content (AvgIpc) is 3.60. The van der Waals surface area contributed by atoms with Crippen molar-refractivity contribution in [1.29, 1.82) is 5.26 Å². The van der Waals surface area contributed by atoms with Gasteiger partial charge in [-0.3, -0.25) is 4.79 Å². The number of methoxy groups -OCH3 is 1. The lowest BCUT2D eigenvalue weighted by atomic mass is 10.1. The molecule has 3 aromatic heterocycles. The summed E-state index contributed by atoms with van der Waals surface area (Å²) < 4.78 is 15.2. The monoisotopic (exact) mass is 563 g/mol. The normalized spacial score (nSPS) is 11.6. The summed E-state index contributed by atoms with van der Waals surface area (Å²) in [7, 11) is 1.60. The Morgan fingerprint density at radius 3 is 2.56 bits per heavy atom. The molecule has 0 unspecified atom stereocenters. The minimum Gasteiger partial charge on any atom is -0.496 e. The fourth-order valence-corrected chi connectivity index (χ4v) is 5.59. The van der Waals surface area contributed by atoms with E-state index in [0.29, 0.717) is 40.1 Å². The first-order valence-electron chi connectivity index (χ1n) is 13.8. The van der Waals surface area contributed by atoms with Crippen LogP contribution in [0, 0.1) is 18.3 Å². The van der Waals surface area contributed by atoms with Crippen molar-refractivity contribution in [1.82, 2.24) is 14.2 Å². The number of fused-ring (bicyclic) bond motifs is 3. The van der Waals surface area contributed by atoms with Crippen LogP contribution in [-0.2, 0) is 6.54 Å². The summed E-state index contributed by atoms with van der Waals surface area (Å²) in [6, 6.07) is 32.5. The van der Waals surface area contributed by atoms with E-state index in [1.165, 1.54) is 4.68 Å². The molecule has 0 radical (unpaired) electrons. The van der Waals surface area contributed by atoms with Gasteiger partial charge in [0.25, 0.3) is 5.56 Å². The maximum Gasteiger partial charge on any atom is 0.282 e. The second-order valence-electron chi connectivity index (χ2n) is 10.2. The zero-order chi connectivity index (χ0) is 29.5. The molecule has 8 heteroatoms. The van der Waals surface area contributed by atoms with Gasteiger partial charge >= 0.3 is 0 Å². The standard InChI is InChI=1S/C35H25N5O3/c1-22-28(25-12-6-8-15-30(25)39(22)21-24-11-4-3-10-23(24)19-36)20-37-40-34(38-29-14-7-5-13-26(29)35(40)41)33-18-27-31(42-2)16-9-17-32(27)43-33/h3-18,20H,21H2,1-2H3. The van der Waals surface area contributed by atoms with E-state index in [4.69, 9.17) is 19.2 Å². The molecule has 0 fully saturated rings. The molecule has 8 nitrogen and oxygen atoms in total. The maximum absolute atomic E-state index is 13.9. The maximum atomic E-state index is 13.9. The highest BCUT2D eigenvalue weighted by molar-refractivity contribution is 6.01. The molecule has 0 atom stereocenters. The molecule has 0 aliphatic heterocycles. The van der Waals surface area contributed by atoms with E-state index in [1.54, 1.807) is 25.5 Å². The van der Waals surface area contributed by atoms with Crippen molar-refractivity contribution < 1.29 is 9.15 Å². The van der Waals surface area contributed by atoms with Gasteiger partial charge in [0.1, 0.15) is 11.3 Å². The van der Waals surface area contributed by atoms with Crippen molar-refractivity contribution in [2.75, 3.05) is 7.11 Å². The SMILES string of the molecule is COc1cccc2oc(-c3nc4ccccc4c(=O)n3N=Cc3c(C)n(Cc4ccccc4C#N)c4ccccc34)cc12. The summed E-state index contributed by atoms with van der Waals surface area (Å²) in [4.78, 5) is 18.7. The van der Waals surface area contributed by atoms with E-state index >= 15 is 0 Å². The first-order chi connectivity index (χ1) is 21.1. The Hall–Kier alpha value is -5.94. The topological polar surface area (TPSA) is 98.3 Å². The first kappa shape index (κ1) is 26.0. The highest BCUT2D eigenvalue weighted by atomic mass is 16.5. The van der Waals surface area contributed by atoms with Crippen LogP contribution in [0.4, 0.5) is 0 Å². The molecule has 7 rings (SSSR count). The third kappa shape index (κ3) is 4.35. The van der Waals surface area contributed by atoms with Crippen molar-refractivity contribution in [3.63, 3.8) is 0 Å². The molecule has 0 amide bonds. The molecular formula is C35H25N5O3. The number of furan rings is 1. The van der Waals surface area contributed by atoms with Crippen molar-refractivity contribution in [2.24, 2.45) is 5.10 Å². The van der Waals surface area contributed by atoms with Crippen LogP contribution in [-0.4, -0.2) is 27.6 Å². The highest BCUT2D eigenvalue weighted by Crippen LogP contribution is 2.33. The number of hydrogen-bond donors (Lipinski definition) is 0. The Morgan fingerprint density at radius 2 is 1.72 bits per heavy atom. The van der Waals surface area contributed by atoms with Crippen molar-refractivity contribution in [3.05, 3.63) is 130 Å². The van der Waals surface area contributed by atoms with Gasteiger partial charge in [-0.05, 0) is 55.0 Å². The van der Waals surface area contributed by atoms with Crippen LogP contribution in [0.2, 0.25) is 0 Å². The number of benzene rings is 4. The predicted molar refractivity (Wildman–Crippen MR) is 168 cm³/mol. The van der Waals surface area contributed by atoms with Crippen molar-refractivity contribution in [2.45, 2.75) is 13.5 Å².